The van der Waals surface area contributed by atoms with Crippen LogP contribution in [0.4, 0.5) is 14.6 Å². The first-order valence-electron chi connectivity index (χ1n) is 7.57. The van der Waals surface area contributed by atoms with Crippen LogP contribution in [0.3, 0.4) is 0 Å². The number of aryl methyl sites for hydroxylation is 1. The van der Waals surface area contributed by atoms with Crippen molar-refractivity contribution < 1.29 is 13.6 Å². The highest BCUT2D eigenvalue weighted by molar-refractivity contribution is 5.82. The summed E-state index contributed by atoms with van der Waals surface area (Å²) >= 11 is 0. The van der Waals surface area contributed by atoms with Gasteiger partial charge in [-0.25, -0.2) is 18.7 Å². The van der Waals surface area contributed by atoms with E-state index < -0.39 is 5.92 Å². The molecule has 3 rings (SSSR count). The Hall–Kier alpha value is -1.79. The number of alkyl halides is 2. The molecule has 0 unspecified atom stereocenters. The van der Waals surface area contributed by atoms with Crippen molar-refractivity contribution in [3.63, 3.8) is 0 Å². The molecule has 0 bridgehead atoms. The van der Waals surface area contributed by atoms with Crippen molar-refractivity contribution in [1.29, 1.82) is 0 Å². The summed E-state index contributed by atoms with van der Waals surface area (Å²) in [7, 11) is 0. The maximum absolute atomic E-state index is 13.1. The minimum Gasteiger partial charge on any atom is -0.355 e. The van der Waals surface area contributed by atoms with E-state index in [1.165, 1.54) is 6.33 Å². The summed E-state index contributed by atoms with van der Waals surface area (Å²) in [5, 5.41) is 0. The predicted octanol–water partition coefficient (Wildman–Crippen LogP) is 1.79. The minimum absolute atomic E-state index is 0.00446. The van der Waals surface area contributed by atoms with Crippen LogP contribution < -0.4 is 4.90 Å². The van der Waals surface area contributed by atoms with Gasteiger partial charge in [0.15, 0.2) is 0 Å². The molecule has 3 heterocycles. The molecule has 1 aromatic heterocycles. The Morgan fingerprint density at radius 2 is 1.86 bits per heavy atom. The second kappa shape index (κ2) is 5.44. The van der Waals surface area contributed by atoms with Gasteiger partial charge in [0.1, 0.15) is 12.1 Å². The second-order valence-electron chi connectivity index (χ2n) is 6.19. The maximum atomic E-state index is 13.1. The lowest BCUT2D eigenvalue weighted by Crippen LogP contribution is -2.56. The van der Waals surface area contributed by atoms with Gasteiger partial charge in [0.2, 0.25) is 5.91 Å². The zero-order chi connectivity index (χ0) is 15.9. The lowest BCUT2D eigenvalue weighted by molar-refractivity contribution is -0.142. The average Bonchev–Trinajstić information content (AvgIpc) is 2.41. The van der Waals surface area contributed by atoms with Crippen LogP contribution in [0.1, 0.15) is 24.1 Å². The number of hydrogen-bond donors (Lipinski definition) is 0. The number of nitrogens with zero attached hydrogens (tertiary/aromatic N) is 4. The number of rotatable bonds is 2. The number of carbonyl (C=O) groups excluding carboxylic acids is 1. The first-order valence-corrected chi connectivity index (χ1v) is 7.57. The van der Waals surface area contributed by atoms with E-state index in [1.807, 2.05) is 18.7 Å². The van der Waals surface area contributed by atoms with Crippen LogP contribution >= 0.6 is 0 Å². The summed E-state index contributed by atoms with van der Waals surface area (Å²) in [6, 6.07) is 0. The first kappa shape index (κ1) is 15.1. The Morgan fingerprint density at radius 3 is 2.50 bits per heavy atom. The Kier molecular flexibility index (Phi) is 3.74. The number of carbonyl (C=O) groups is 1. The largest absolute Gasteiger partial charge is 0.355 e. The number of hydrogen-bond acceptors (Lipinski definition) is 4. The van der Waals surface area contributed by atoms with Gasteiger partial charge in [-0.05, 0) is 13.8 Å². The summed E-state index contributed by atoms with van der Waals surface area (Å²) < 4.78 is 26.3. The SMILES string of the molecule is Cc1ncnc(N2CC(C(=O)N3CCC(F)(F)CC3)C2)c1C. The molecular weight excluding hydrogens is 290 g/mol. The quantitative estimate of drug-likeness (QED) is 0.835. The molecule has 1 aromatic rings. The Bertz CT molecular complexity index is 577. The van der Waals surface area contributed by atoms with Gasteiger partial charge in [0.05, 0.1) is 5.92 Å². The topological polar surface area (TPSA) is 49.3 Å². The number of aromatic nitrogens is 2. The molecule has 22 heavy (non-hydrogen) atoms. The van der Waals surface area contributed by atoms with Crippen molar-refractivity contribution in [2.45, 2.75) is 32.6 Å². The molecule has 7 heteroatoms. The third-order valence-corrected chi connectivity index (χ3v) is 4.65. The molecule has 0 N–H and O–H groups in total. The lowest BCUT2D eigenvalue weighted by atomic mass is 9.96. The third kappa shape index (κ3) is 2.76. The van der Waals surface area contributed by atoms with E-state index in [-0.39, 0.29) is 37.8 Å². The lowest BCUT2D eigenvalue weighted by Gasteiger charge is -2.43. The highest BCUT2D eigenvalue weighted by Gasteiger charge is 2.41. The first-order chi connectivity index (χ1) is 10.4. The molecule has 2 fully saturated rings. The van der Waals surface area contributed by atoms with Crippen molar-refractivity contribution in [1.82, 2.24) is 14.9 Å². The van der Waals surface area contributed by atoms with E-state index in [0.29, 0.717) is 13.1 Å². The minimum atomic E-state index is -2.61. The predicted molar refractivity (Wildman–Crippen MR) is 78.0 cm³/mol. The van der Waals surface area contributed by atoms with E-state index in [2.05, 4.69) is 9.97 Å². The molecular formula is C15H20F2N4O. The molecule has 2 aliphatic heterocycles. The Morgan fingerprint density at radius 1 is 1.23 bits per heavy atom. The standard InChI is InChI=1S/C15H20F2N4O/c1-10-11(2)18-9-19-13(10)21-7-12(8-21)14(22)20-5-3-15(16,17)4-6-20/h9,12H,3-8H2,1-2H3. The number of anilines is 1. The molecule has 0 aromatic carbocycles. The van der Waals surface area contributed by atoms with Crippen LogP contribution in [0.2, 0.25) is 0 Å². The Balaban J connectivity index is 1.57. The molecule has 2 saturated heterocycles. The normalized spacial score (nSPS) is 21.6. The van der Waals surface area contributed by atoms with Gasteiger partial charge in [-0.3, -0.25) is 4.79 Å². The van der Waals surface area contributed by atoms with Gasteiger partial charge < -0.3 is 9.80 Å². The fourth-order valence-corrected chi connectivity index (χ4v) is 2.96. The number of amides is 1. The van der Waals surface area contributed by atoms with Gasteiger partial charge in [-0.2, -0.15) is 0 Å². The van der Waals surface area contributed by atoms with Gasteiger partial charge in [0.25, 0.3) is 5.92 Å². The summed E-state index contributed by atoms with van der Waals surface area (Å²) in [4.78, 5) is 24.4. The number of piperidine rings is 1. The van der Waals surface area contributed by atoms with Crippen LogP contribution in [0.15, 0.2) is 6.33 Å². The molecule has 0 aliphatic carbocycles. The van der Waals surface area contributed by atoms with E-state index in [0.717, 1.165) is 17.1 Å². The Labute approximate surface area is 128 Å². The van der Waals surface area contributed by atoms with Gasteiger partial charge in [-0.1, -0.05) is 0 Å². The van der Waals surface area contributed by atoms with Crippen LogP contribution in [0.5, 0.6) is 0 Å². The fourth-order valence-electron chi connectivity index (χ4n) is 2.96. The summed E-state index contributed by atoms with van der Waals surface area (Å²) in [5.74, 6) is -1.86. The van der Waals surface area contributed by atoms with Gasteiger partial charge in [0, 0.05) is 50.3 Å². The van der Waals surface area contributed by atoms with Gasteiger partial charge in [-0.15, -0.1) is 0 Å². The van der Waals surface area contributed by atoms with Crippen LogP contribution in [0.25, 0.3) is 0 Å². The van der Waals surface area contributed by atoms with Crippen molar-refractivity contribution in [3.8, 4) is 0 Å². The van der Waals surface area contributed by atoms with Crippen LogP contribution in [-0.4, -0.2) is 52.9 Å². The third-order valence-electron chi connectivity index (χ3n) is 4.65. The smallest absolute Gasteiger partial charge is 0.251 e. The number of halogens is 2. The molecule has 5 nitrogen and oxygen atoms in total. The van der Waals surface area contributed by atoms with Crippen molar-refractivity contribution in [2.24, 2.45) is 5.92 Å². The zero-order valence-electron chi connectivity index (χ0n) is 12.9. The van der Waals surface area contributed by atoms with E-state index in [9.17, 15) is 13.6 Å². The molecule has 0 atom stereocenters. The van der Waals surface area contributed by atoms with Crippen molar-refractivity contribution in [3.05, 3.63) is 17.6 Å². The van der Waals surface area contributed by atoms with E-state index >= 15 is 0 Å². The van der Waals surface area contributed by atoms with Gasteiger partial charge >= 0.3 is 0 Å². The average molecular weight is 310 g/mol. The van der Waals surface area contributed by atoms with Crippen LogP contribution in [-0.2, 0) is 4.79 Å². The monoisotopic (exact) mass is 310 g/mol. The van der Waals surface area contributed by atoms with E-state index in [4.69, 9.17) is 0 Å². The summed E-state index contributed by atoms with van der Waals surface area (Å²) in [6.07, 6.45) is 1.08. The maximum Gasteiger partial charge on any atom is 0.251 e. The summed E-state index contributed by atoms with van der Waals surface area (Å²) in [6.45, 7) is 5.41. The highest BCUT2D eigenvalue weighted by atomic mass is 19.3. The van der Waals surface area contributed by atoms with Crippen molar-refractivity contribution >= 4 is 11.7 Å². The highest BCUT2D eigenvalue weighted by Crippen LogP contribution is 2.31. The van der Waals surface area contributed by atoms with Crippen LogP contribution in [0, 0.1) is 19.8 Å². The fraction of sp³-hybridized carbons (Fsp3) is 0.667. The molecule has 1 amide bonds. The molecule has 0 radical (unpaired) electrons. The molecule has 2 aliphatic rings. The zero-order valence-corrected chi connectivity index (χ0v) is 12.9. The second-order valence-corrected chi connectivity index (χ2v) is 6.19. The van der Waals surface area contributed by atoms with Crippen molar-refractivity contribution in [2.75, 3.05) is 31.1 Å². The summed E-state index contributed by atoms with van der Waals surface area (Å²) in [5.41, 5.74) is 1.95. The molecule has 120 valence electrons. The van der Waals surface area contributed by atoms with E-state index in [1.54, 1.807) is 4.90 Å². The molecule has 0 spiro atoms. The molecule has 0 saturated carbocycles. The number of likely N-dealkylation sites (tertiary alicyclic amines) is 1.